The summed E-state index contributed by atoms with van der Waals surface area (Å²) >= 11 is 0. The lowest BCUT2D eigenvalue weighted by atomic mass is 9.99. The summed E-state index contributed by atoms with van der Waals surface area (Å²) in [6.07, 6.45) is 5.68. The molecule has 0 aliphatic heterocycles. The van der Waals surface area contributed by atoms with Gasteiger partial charge in [-0.1, -0.05) is 18.0 Å². The molecular weight excluding hydrogens is 378 g/mol. The average molecular weight is 402 g/mol. The van der Waals surface area contributed by atoms with Gasteiger partial charge in [0.25, 0.3) is 5.89 Å². The van der Waals surface area contributed by atoms with Gasteiger partial charge in [-0.2, -0.15) is 4.98 Å². The standard InChI is InChI=1S/C20H23N5O2.ClH/c1-2-26-15-9-7-14(8-10-15)23-17-16(6-5-13-22-17)18-24-19(25-27-18)20(21)11-3-4-12-20;/h5-10,13H,2-4,11-12,21H2,1H3,(H,22,23);1H. The number of nitrogens with two attached hydrogens (primary N) is 1. The molecule has 1 aliphatic rings. The van der Waals surface area contributed by atoms with Crippen LogP contribution in [0.5, 0.6) is 5.75 Å². The second-order valence-electron chi connectivity index (χ2n) is 6.77. The zero-order chi connectivity index (χ0) is 18.7. The molecule has 0 unspecified atom stereocenters. The Morgan fingerprint density at radius 3 is 2.64 bits per heavy atom. The maximum absolute atomic E-state index is 6.44. The number of benzene rings is 1. The summed E-state index contributed by atoms with van der Waals surface area (Å²) in [4.78, 5) is 9.00. The van der Waals surface area contributed by atoms with Crippen LogP contribution in [0.15, 0.2) is 47.1 Å². The van der Waals surface area contributed by atoms with Crippen LogP contribution in [-0.4, -0.2) is 21.7 Å². The van der Waals surface area contributed by atoms with Gasteiger partial charge in [0.1, 0.15) is 11.6 Å². The van der Waals surface area contributed by atoms with Gasteiger partial charge in [0, 0.05) is 11.9 Å². The van der Waals surface area contributed by atoms with Crippen molar-refractivity contribution in [2.24, 2.45) is 5.73 Å². The Morgan fingerprint density at radius 2 is 1.93 bits per heavy atom. The lowest BCUT2D eigenvalue weighted by molar-refractivity contribution is 0.340. The van der Waals surface area contributed by atoms with Crippen molar-refractivity contribution in [2.75, 3.05) is 11.9 Å². The molecule has 2 aromatic heterocycles. The van der Waals surface area contributed by atoms with Gasteiger partial charge in [0.05, 0.1) is 17.7 Å². The minimum Gasteiger partial charge on any atom is -0.494 e. The van der Waals surface area contributed by atoms with Crippen LogP contribution in [0.1, 0.15) is 38.4 Å². The Hall–Kier alpha value is -2.64. The third-order valence-corrected chi connectivity index (χ3v) is 4.83. The van der Waals surface area contributed by atoms with E-state index in [1.54, 1.807) is 6.20 Å². The maximum atomic E-state index is 6.44. The van der Waals surface area contributed by atoms with Crippen LogP contribution >= 0.6 is 12.4 Å². The molecule has 1 saturated carbocycles. The Kier molecular flexibility index (Phi) is 6.16. The molecule has 28 heavy (non-hydrogen) atoms. The van der Waals surface area contributed by atoms with Crippen LogP contribution in [0, 0.1) is 0 Å². The zero-order valence-electron chi connectivity index (χ0n) is 15.7. The highest BCUT2D eigenvalue weighted by atomic mass is 35.5. The largest absolute Gasteiger partial charge is 0.494 e. The van der Waals surface area contributed by atoms with E-state index in [-0.39, 0.29) is 12.4 Å². The lowest BCUT2D eigenvalue weighted by Gasteiger charge is -2.17. The van der Waals surface area contributed by atoms with E-state index in [2.05, 4.69) is 20.4 Å². The van der Waals surface area contributed by atoms with Gasteiger partial charge in [-0.05, 0) is 56.2 Å². The topological polar surface area (TPSA) is 99.1 Å². The van der Waals surface area contributed by atoms with Crippen LogP contribution in [-0.2, 0) is 5.54 Å². The van der Waals surface area contributed by atoms with Gasteiger partial charge in [0.15, 0.2) is 5.82 Å². The molecule has 0 amide bonds. The molecule has 1 aliphatic carbocycles. The first-order valence-corrected chi connectivity index (χ1v) is 9.26. The predicted octanol–water partition coefficient (Wildman–Crippen LogP) is 4.42. The summed E-state index contributed by atoms with van der Waals surface area (Å²) < 4.78 is 11.0. The normalized spacial score (nSPS) is 15.1. The number of pyridine rings is 1. The summed E-state index contributed by atoms with van der Waals surface area (Å²) in [6, 6.07) is 11.5. The Labute approximate surface area is 170 Å². The second kappa shape index (κ2) is 8.58. The number of hydrogen-bond donors (Lipinski definition) is 2. The molecule has 148 valence electrons. The van der Waals surface area contributed by atoms with Gasteiger partial charge in [-0.15, -0.1) is 12.4 Å². The van der Waals surface area contributed by atoms with E-state index in [0.717, 1.165) is 42.7 Å². The van der Waals surface area contributed by atoms with Crippen LogP contribution in [0.25, 0.3) is 11.5 Å². The van der Waals surface area contributed by atoms with E-state index in [1.165, 1.54) is 0 Å². The number of nitrogens with zero attached hydrogens (tertiary/aromatic N) is 3. The second-order valence-corrected chi connectivity index (χ2v) is 6.77. The summed E-state index contributed by atoms with van der Waals surface area (Å²) in [5.41, 5.74) is 7.60. The van der Waals surface area contributed by atoms with Crippen molar-refractivity contribution < 1.29 is 9.26 Å². The fraction of sp³-hybridized carbons (Fsp3) is 0.350. The van der Waals surface area contributed by atoms with Gasteiger partial charge in [-0.25, -0.2) is 4.98 Å². The van der Waals surface area contributed by atoms with E-state index in [0.29, 0.717) is 24.1 Å². The number of ether oxygens (including phenoxy) is 1. The molecular formula is C20H24ClN5O2. The van der Waals surface area contributed by atoms with Crippen molar-refractivity contribution in [3.63, 3.8) is 0 Å². The minimum atomic E-state index is -0.480. The summed E-state index contributed by atoms with van der Waals surface area (Å²) in [5, 5.41) is 7.45. The number of anilines is 2. The highest BCUT2D eigenvalue weighted by Crippen LogP contribution is 2.36. The Balaban J connectivity index is 0.00000225. The molecule has 4 rings (SSSR count). The van der Waals surface area contributed by atoms with Gasteiger partial charge < -0.3 is 20.3 Å². The highest BCUT2D eigenvalue weighted by Gasteiger charge is 2.36. The molecule has 0 radical (unpaired) electrons. The number of rotatable bonds is 6. The fourth-order valence-corrected chi connectivity index (χ4v) is 3.38. The molecule has 2 heterocycles. The van der Waals surface area contributed by atoms with Crippen molar-refractivity contribution in [3.8, 4) is 17.2 Å². The molecule has 1 aromatic carbocycles. The van der Waals surface area contributed by atoms with Crippen molar-refractivity contribution in [1.29, 1.82) is 0 Å². The van der Waals surface area contributed by atoms with Gasteiger partial charge in [-0.3, -0.25) is 0 Å². The van der Waals surface area contributed by atoms with Crippen LogP contribution < -0.4 is 15.8 Å². The monoisotopic (exact) mass is 401 g/mol. The Bertz CT molecular complexity index is 907. The first kappa shape index (κ1) is 20.1. The summed E-state index contributed by atoms with van der Waals surface area (Å²) in [5.74, 6) is 2.47. The van der Waals surface area contributed by atoms with E-state index in [9.17, 15) is 0 Å². The fourth-order valence-electron chi connectivity index (χ4n) is 3.38. The van der Waals surface area contributed by atoms with Crippen molar-refractivity contribution in [1.82, 2.24) is 15.1 Å². The number of halogens is 1. The highest BCUT2D eigenvalue weighted by molar-refractivity contribution is 5.85. The first-order chi connectivity index (χ1) is 13.2. The molecule has 0 atom stereocenters. The third-order valence-electron chi connectivity index (χ3n) is 4.83. The number of hydrogen-bond acceptors (Lipinski definition) is 7. The summed E-state index contributed by atoms with van der Waals surface area (Å²) in [6.45, 7) is 2.60. The van der Waals surface area contributed by atoms with Crippen LogP contribution in [0.3, 0.4) is 0 Å². The van der Waals surface area contributed by atoms with E-state index in [4.69, 9.17) is 15.0 Å². The van der Waals surface area contributed by atoms with E-state index in [1.807, 2.05) is 43.3 Å². The molecule has 3 aromatic rings. The minimum absolute atomic E-state index is 0. The molecule has 7 nitrogen and oxygen atoms in total. The SMILES string of the molecule is CCOc1ccc(Nc2ncccc2-c2nc(C3(N)CCCC3)no2)cc1.Cl. The maximum Gasteiger partial charge on any atom is 0.261 e. The van der Waals surface area contributed by atoms with Gasteiger partial charge >= 0.3 is 0 Å². The smallest absolute Gasteiger partial charge is 0.261 e. The quantitative estimate of drug-likeness (QED) is 0.630. The predicted molar refractivity (Wildman–Crippen MR) is 110 cm³/mol. The van der Waals surface area contributed by atoms with Crippen LogP contribution in [0.2, 0.25) is 0 Å². The molecule has 3 N–H and O–H groups in total. The molecule has 0 saturated heterocycles. The lowest BCUT2D eigenvalue weighted by Crippen LogP contribution is -2.34. The van der Waals surface area contributed by atoms with E-state index >= 15 is 0 Å². The summed E-state index contributed by atoms with van der Waals surface area (Å²) in [7, 11) is 0. The van der Waals surface area contributed by atoms with Crippen molar-refractivity contribution >= 4 is 23.9 Å². The van der Waals surface area contributed by atoms with Gasteiger partial charge in [0.2, 0.25) is 0 Å². The first-order valence-electron chi connectivity index (χ1n) is 9.26. The third kappa shape index (κ3) is 4.10. The molecule has 0 spiro atoms. The Morgan fingerprint density at radius 1 is 1.18 bits per heavy atom. The molecule has 8 heteroatoms. The molecule has 1 fully saturated rings. The van der Waals surface area contributed by atoms with Crippen LogP contribution in [0.4, 0.5) is 11.5 Å². The zero-order valence-corrected chi connectivity index (χ0v) is 16.5. The number of nitrogens with one attached hydrogen (secondary N) is 1. The number of aromatic nitrogens is 3. The van der Waals surface area contributed by atoms with Crippen molar-refractivity contribution in [3.05, 3.63) is 48.4 Å². The van der Waals surface area contributed by atoms with E-state index < -0.39 is 5.54 Å². The van der Waals surface area contributed by atoms with Crippen molar-refractivity contribution in [2.45, 2.75) is 38.1 Å². The average Bonchev–Trinajstić information content (AvgIpc) is 3.34. The molecule has 0 bridgehead atoms.